The number of halogens is 1. The van der Waals surface area contributed by atoms with Gasteiger partial charge in [0.2, 0.25) is 5.91 Å². The number of likely N-dealkylation sites (tertiary alicyclic amines) is 1. The van der Waals surface area contributed by atoms with Crippen molar-refractivity contribution in [2.75, 3.05) is 36.4 Å². The number of fused-ring (bicyclic) bond motifs is 3. The van der Waals surface area contributed by atoms with Crippen LogP contribution in [0.5, 0.6) is 0 Å². The Hall–Kier alpha value is -4.85. The summed E-state index contributed by atoms with van der Waals surface area (Å²) in [4.78, 5) is 52.9. The number of hydrogen-bond donors (Lipinski definition) is 3. The van der Waals surface area contributed by atoms with Crippen molar-refractivity contribution in [3.63, 3.8) is 0 Å². The number of aliphatic hydroxyl groups is 1. The van der Waals surface area contributed by atoms with Crippen LogP contribution in [-0.2, 0) is 14.3 Å². The summed E-state index contributed by atoms with van der Waals surface area (Å²) in [5.74, 6) is 0.398. The summed E-state index contributed by atoms with van der Waals surface area (Å²) in [6.45, 7) is 11.9. The van der Waals surface area contributed by atoms with Crippen LogP contribution in [0.25, 0.3) is 11.1 Å². The van der Waals surface area contributed by atoms with Crippen molar-refractivity contribution in [2.24, 2.45) is 5.41 Å². The summed E-state index contributed by atoms with van der Waals surface area (Å²) in [6.07, 6.45) is 4.15. The minimum atomic E-state index is -1.31. The van der Waals surface area contributed by atoms with Gasteiger partial charge in [0.25, 0.3) is 0 Å². The van der Waals surface area contributed by atoms with Gasteiger partial charge in [-0.2, -0.15) is 0 Å². The molecule has 14 heteroatoms. The summed E-state index contributed by atoms with van der Waals surface area (Å²) >= 11 is 8.14. The van der Waals surface area contributed by atoms with Crippen molar-refractivity contribution in [1.82, 2.24) is 20.2 Å². The van der Waals surface area contributed by atoms with Crippen molar-refractivity contribution in [3.8, 4) is 11.1 Å². The van der Waals surface area contributed by atoms with Gasteiger partial charge in [0.15, 0.2) is 6.10 Å². The molecule has 2 unspecified atom stereocenters. The van der Waals surface area contributed by atoms with Crippen molar-refractivity contribution in [1.29, 1.82) is 0 Å². The summed E-state index contributed by atoms with van der Waals surface area (Å²) in [6, 6.07) is 20.9. The zero-order valence-corrected chi connectivity index (χ0v) is 35.2. The number of alkyl carbamates (subject to hydrolysis) is 1. The SMILES string of the molecule is CC1CC(O)(CC(=O)Nc2cccc(Sc3cnc(N4CCC(C)(CNC(=O)OC(C)(C)C)CC4)cn3)c2Cl)CCN1C(=O)OC1c2ccccc2-c2ccccc21. The number of hydrogen-bond acceptors (Lipinski definition) is 10. The normalized spacial score (nSPS) is 20.2. The first-order valence-corrected chi connectivity index (χ1v) is 21.0. The molecule has 2 fully saturated rings. The highest BCUT2D eigenvalue weighted by Crippen LogP contribution is 2.46. The van der Waals surface area contributed by atoms with Gasteiger partial charge in [0.1, 0.15) is 16.4 Å². The number of ether oxygens (including phenoxy) is 2. The largest absolute Gasteiger partial charge is 0.444 e. The van der Waals surface area contributed by atoms with Crippen LogP contribution in [0.1, 0.15) is 84.0 Å². The number of aromatic nitrogens is 2. The zero-order chi connectivity index (χ0) is 41.2. The monoisotopic (exact) mass is 826 g/mol. The van der Waals surface area contributed by atoms with E-state index in [0.717, 1.165) is 54.0 Å². The molecular weight excluding hydrogens is 776 g/mol. The lowest BCUT2D eigenvalue weighted by Crippen LogP contribution is -2.52. The second-order valence-electron chi connectivity index (χ2n) is 17.0. The molecule has 2 saturated heterocycles. The second kappa shape index (κ2) is 16.8. The Labute approximate surface area is 349 Å². The first-order valence-electron chi connectivity index (χ1n) is 19.8. The Bertz CT molecular complexity index is 2110. The molecule has 3 aliphatic rings. The molecule has 4 aromatic rings. The third kappa shape index (κ3) is 9.54. The van der Waals surface area contributed by atoms with Gasteiger partial charge in [-0.15, -0.1) is 0 Å². The Morgan fingerprint density at radius 2 is 1.60 bits per heavy atom. The van der Waals surface area contributed by atoms with Gasteiger partial charge in [-0.3, -0.25) is 4.79 Å². The van der Waals surface area contributed by atoms with Crippen LogP contribution in [0, 0.1) is 5.41 Å². The first kappa shape index (κ1) is 41.3. The molecule has 1 aromatic heterocycles. The molecule has 0 bridgehead atoms. The molecule has 1 aliphatic carbocycles. The maximum atomic E-state index is 13.5. The van der Waals surface area contributed by atoms with Crippen molar-refractivity contribution >= 4 is 53.0 Å². The molecule has 3 amide bonds. The maximum absolute atomic E-state index is 13.5. The molecule has 0 saturated carbocycles. The number of benzene rings is 3. The van der Waals surface area contributed by atoms with Crippen LogP contribution in [0.3, 0.4) is 0 Å². The van der Waals surface area contributed by atoms with E-state index < -0.39 is 29.5 Å². The lowest BCUT2D eigenvalue weighted by atomic mass is 9.80. The van der Waals surface area contributed by atoms with E-state index in [4.69, 9.17) is 21.1 Å². The fraction of sp³-hybridized carbons (Fsp3) is 0.432. The summed E-state index contributed by atoms with van der Waals surface area (Å²) < 4.78 is 11.5. The van der Waals surface area contributed by atoms with E-state index >= 15 is 0 Å². The molecule has 0 radical (unpaired) electrons. The molecule has 3 heterocycles. The Morgan fingerprint density at radius 1 is 0.931 bits per heavy atom. The Kier molecular flexibility index (Phi) is 12.0. The molecule has 2 aliphatic heterocycles. The molecule has 3 aromatic carbocycles. The van der Waals surface area contributed by atoms with Crippen LogP contribution in [0.15, 0.2) is 89.0 Å². The van der Waals surface area contributed by atoms with Crippen molar-refractivity contribution < 1.29 is 29.0 Å². The zero-order valence-electron chi connectivity index (χ0n) is 33.6. The topological polar surface area (TPSA) is 146 Å². The van der Waals surface area contributed by atoms with E-state index in [9.17, 15) is 19.5 Å². The summed E-state index contributed by atoms with van der Waals surface area (Å²) in [5.41, 5.74) is 2.54. The third-order valence-corrected chi connectivity index (χ3v) is 12.7. The van der Waals surface area contributed by atoms with E-state index in [-0.39, 0.29) is 43.2 Å². The van der Waals surface area contributed by atoms with Gasteiger partial charge in [0.05, 0.1) is 35.1 Å². The maximum Gasteiger partial charge on any atom is 0.410 e. The van der Waals surface area contributed by atoms with E-state index in [1.165, 1.54) is 11.8 Å². The number of anilines is 2. The van der Waals surface area contributed by atoms with E-state index in [0.29, 0.717) is 27.2 Å². The van der Waals surface area contributed by atoms with Gasteiger partial charge < -0.3 is 35.0 Å². The molecule has 0 spiro atoms. The van der Waals surface area contributed by atoms with Crippen LogP contribution in [0.2, 0.25) is 5.02 Å². The van der Waals surface area contributed by atoms with Gasteiger partial charge in [-0.1, -0.05) is 84.9 Å². The van der Waals surface area contributed by atoms with E-state index in [2.05, 4.69) is 32.4 Å². The predicted octanol–water partition coefficient (Wildman–Crippen LogP) is 8.86. The summed E-state index contributed by atoms with van der Waals surface area (Å²) in [5, 5.41) is 18.4. The molecule has 3 N–H and O–H groups in total. The number of amides is 3. The fourth-order valence-electron chi connectivity index (χ4n) is 8.02. The van der Waals surface area contributed by atoms with Crippen LogP contribution >= 0.6 is 23.4 Å². The van der Waals surface area contributed by atoms with Gasteiger partial charge >= 0.3 is 12.2 Å². The highest BCUT2D eigenvalue weighted by atomic mass is 35.5. The fourth-order valence-corrected chi connectivity index (χ4v) is 9.09. The average Bonchev–Trinajstić information content (AvgIpc) is 3.48. The number of nitrogens with zero attached hydrogens (tertiary/aromatic N) is 4. The molecule has 306 valence electrons. The Balaban J connectivity index is 0.893. The number of carbonyl (C=O) groups excluding carboxylic acids is 3. The molecule has 7 rings (SSSR count). The standard InChI is InChI=1S/C44H51ClN6O6S/c1-28-23-44(55,19-22-51(28)41(54)56-39-31-13-8-6-11-29(31)30-12-7-9-14-32(30)39)24-36(52)49-33-15-10-16-34(38(33)45)58-37-26-46-35(25-47-37)50-20-17-43(5,18-21-50)27-48-40(53)57-42(2,3)4/h6-16,25-26,28,39,55H,17-24,27H2,1-5H3,(H,48,53)(H,49,52). The third-order valence-electron chi connectivity index (χ3n) is 11.2. The highest BCUT2D eigenvalue weighted by molar-refractivity contribution is 7.99. The average molecular weight is 827 g/mol. The molecular formula is C44H51ClN6O6S. The van der Waals surface area contributed by atoms with Crippen LogP contribution in [0.4, 0.5) is 21.1 Å². The summed E-state index contributed by atoms with van der Waals surface area (Å²) in [7, 11) is 0. The van der Waals surface area contributed by atoms with Crippen molar-refractivity contribution in [2.45, 2.75) is 100.0 Å². The minimum Gasteiger partial charge on any atom is -0.444 e. The Morgan fingerprint density at radius 3 is 2.22 bits per heavy atom. The minimum absolute atomic E-state index is 0.0469. The van der Waals surface area contributed by atoms with Crippen LogP contribution < -0.4 is 15.5 Å². The number of piperidine rings is 2. The van der Waals surface area contributed by atoms with Gasteiger partial charge in [-0.05, 0) is 82.1 Å². The van der Waals surface area contributed by atoms with Crippen LogP contribution in [-0.4, -0.2) is 81.5 Å². The predicted molar refractivity (Wildman–Crippen MR) is 225 cm³/mol. The molecule has 2 atom stereocenters. The van der Waals surface area contributed by atoms with Gasteiger partial charge in [0, 0.05) is 48.2 Å². The number of carbonyl (C=O) groups is 3. The molecule has 58 heavy (non-hydrogen) atoms. The number of rotatable bonds is 9. The second-order valence-corrected chi connectivity index (χ2v) is 18.4. The molecule has 12 nitrogen and oxygen atoms in total. The lowest BCUT2D eigenvalue weighted by molar-refractivity contribution is -0.124. The highest BCUT2D eigenvalue weighted by Gasteiger charge is 2.42. The van der Waals surface area contributed by atoms with E-state index in [1.807, 2.05) is 82.3 Å². The number of nitrogens with one attached hydrogen (secondary N) is 2. The quantitative estimate of drug-likeness (QED) is 0.150. The van der Waals surface area contributed by atoms with E-state index in [1.54, 1.807) is 29.4 Å². The smallest absolute Gasteiger partial charge is 0.410 e. The lowest BCUT2D eigenvalue weighted by Gasteiger charge is -2.42. The van der Waals surface area contributed by atoms with Crippen molar-refractivity contribution in [3.05, 3.63) is 95.3 Å². The van der Waals surface area contributed by atoms with Gasteiger partial charge in [-0.25, -0.2) is 19.6 Å². The first-order chi connectivity index (χ1) is 27.6.